The van der Waals surface area contributed by atoms with Gasteiger partial charge in [-0.25, -0.2) is 0 Å². The zero-order valence-electron chi connectivity index (χ0n) is 8.56. The fourth-order valence-electron chi connectivity index (χ4n) is 1.43. The van der Waals surface area contributed by atoms with Gasteiger partial charge in [0.2, 0.25) is 5.88 Å². The van der Waals surface area contributed by atoms with Crippen molar-refractivity contribution in [3.8, 4) is 5.88 Å². The van der Waals surface area contributed by atoms with Gasteiger partial charge in [-0.1, -0.05) is 6.08 Å². The van der Waals surface area contributed by atoms with Crippen LogP contribution in [0.5, 0.6) is 5.88 Å². The van der Waals surface area contributed by atoms with Crippen LogP contribution in [0.25, 0.3) is 4.96 Å². The molecule has 80 valence electrons. The third-order valence-electron chi connectivity index (χ3n) is 2.10. The number of rotatable bonds is 5. The maximum atomic E-state index is 5.23. The lowest BCUT2D eigenvalue weighted by molar-refractivity contribution is 0.393. The summed E-state index contributed by atoms with van der Waals surface area (Å²) in [4.78, 5) is 5.32. The summed E-state index contributed by atoms with van der Waals surface area (Å²) in [6.07, 6.45) is 3.83. The summed E-state index contributed by atoms with van der Waals surface area (Å²) in [7, 11) is 1.64. The largest absolute Gasteiger partial charge is 0.480 e. The average Bonchev–Trinajstić information content (AvgIpc) is 2.79. The Kier molecular flexibility index (Phi) is 3.03. The van der Waals surface area contributed by atoms with Gasteiger partial charge in [-0.2, -0.15) is 4.98 Å². The molecular formula is C10H13N3OS. The van der Waals surface area contributed by atoms with Crippen molar-refractivity contribution in [2.75, 3.05) is 13.7 Å². The van der Waals surface area contributed by atoms with Crippen LogP contribution in [0.3, 0.4) is 0 Å². The molecule has 0 saturated heterocycles. The van der Waals surface area contributed by atoms with Gasteiger partial charge in [0.05, 0.1) is 7.11 Å². The summed E-state index contributed by atoms with van der Waals surface area (Å²) in [6, 6.07) is 0. The van der Waals surface area contributed by atoms with E-state index in [1.165, 1.54) is 0 Å². The molecule has 4 nitrogen and oxygen atoms in total. The Morgan fingerprint density at radius 1 is 1.73 bits per heavy atom. The third kappa shape index (κ3) is 1.88. The minimum Gasteiger partial charge on any atom is -0.480 e. The zero-order chi connectivity index (χ0) is 10.7. The van der Waals surface area contributed by atoms with Crippen LogP contribution < -0.4 is 10.1 Å². The molecule has 2 aromatic heterocycles. The molecule has 1 N–H and O–H groups in total. The van der Waals surface area contributed by atoms with Crippen molar-refractivity contribution in [1.82, 2.24) is 14.7 Å². The summed E-state index contributed by atoms with van der Waals surface area (Å²) >= 11 is 1.60. The molecule has 0 aliphatic carbocycles. The molecule has 0 aromatic carbocycles. The molecule has 0 aliphatic heterocycles. The van der Waals surface area contributed by atoms with Crippen LogP contribution in [0.4, 0.5) is 0 Å². The van der Waals surface area contributed by atoms with Crippen molar-refractivity contribution < 1.29 is 4.74 Å². The molecule has 0 amide bonds. The number of methoxy groups -OCH3 is 1. The Morgan fingerprint density at radius 3 is 3.33 bits per heavy atom. The molecule has 2 rings (SSSR count). The Labute approximate surface area is 92.2 Å². The van der Waals surface area contributed by atoms with Gasteiger partial charge in [0.15, 0.2) is 4.96 Å². The van der Waals surface area contributed by atoms with E-state index >= 15 is 0 Å². The number of hydrogen-bond acceptors (Lipinski definition) is 4. The lowest BCUT2D eigenvalue weighted by atomic mass is 10.4. The highest BCUT2D eigenvalue weighted by Gasteiger charge is 2.12. The number of imidazole rings is 1. The second kappa shape index (κ2) is 4.46. The number of thiazole rings is 1. The van der Waals surface area contributed by atoms with Crippen LogP contribution >= 0.6 is 11.3 Å². The second-order valence-corrected chi connectivity index (χ2v) is 3.92. The smallest absolute Gasteiger partial charge is 0.237 e. The molecule has 0 saturated carbocycles. The molecule has 0 radical (unpaired) electrons. The van der Waals surface area contributed by atoms with Gasteiger partial charge in [-0.05, 0) is 0 Å². The van der Waals surface area contributed by atoms with Crippen LogP contribution in [0.2, 0.25) is 0 Å². The fourth-order valence-corrected chi connectivity index (χ4v) is 2.15. The van der Waals surface area contributed by atoms with Crippen LogP contribution in [0.15, 0.2) is 24.2 Å². The average molecular weight is 223 g/mol. The van der Waals surface area contributed by atoms with Gasteiger partial charge < -0.3 is 10.1 Å². The Balaban J connectivity index is 2.28. The number of ether oxygens (including phenoxy) is 1. The van der Waals surface area contributed by atoms with E-state index in [-0.39, 0.29) is 0 Å². The summed E-state index contributed by atoms with van der Waals surface area (Å²) in [5.74, 6) is 0.693. The maximum absolute atomic E-state index is 5.23. The second-order valence-electron chi connectivity index (χ2n) is 3.04. The van der Waals surface area contributed by atoms with Gasteiger partial charge in [-0.3, -0.25) is 4.40 Å². The van der Waals surface area contributed by atoms with E-state index in [1.807, 2.05) is 22.1 Å². The third-order valence-corrected chi connectivity index (χ3v) is 2.86. The molecule has 0 bridgehead atoms. The van der Waals surface area contributed by atoms with E-state index in [9.17, 15) is 0 Å². The molecule has 2 aromatic rings. The first-order valence-corrected chi connectivity index (χ1v) is 5.54. The molecule has 5 heteroatoms. The summed E-state index contributed by atoms with van der Waals surface area (Å²) in [6.45, 7) is 5.17. The first-order chi connectivity index (χ1) is 7.36. The highest BCUT2D eigenvalue weighted by Crippen LogP contribution is 2.22. The van der Waals surface area contributed by atoms with Crippen molar-refractivity contribution in [2.45, 2.75) is 6.54 Å². The SMILES string of the molecule is C=CCNCc1c(OC)nc2sccn12. The summed E-state index contributed by atoms with van der Waals surface area (Å²) < 4.78 is 7.27. The number of hydrogen-bond donors (Lipinski definition) is 1. The zero-order valence-corrected chi connectivity index (χ0v) is 9.38. The minimum absolute atomic E-state index is 0.693. The van der Waals surface area contributed by atoms with Crippen molar-refractivity contribution in [3.63, 3.8) is 0 Å². The van der Waals surface area contributed by atoms with E-state index in [4.69, 9.17) is 4.74 Å². The standard InChI is InChI=1S/C10H13N3OS/c1-3-4-11-7-8-9(14-2)12-10-13(8)5-6-15-10/h3,5-6,11H,1,4,7H2,2H3. The predicted octanol–water partition coefficient (Wildman–Crippen LogP) is 1.68. The van der Waals surface area contributed by atoms with E-state index in [0.717, 1.165) is 23.7 Å². The predicted molar refractivity (Wildman–Crippen MR) is 61.5 cm³/mol. The highest BCUT2D eigenvalue weighted by molar-refractivity contribution is 7.15. The van der Waals surface area contributed by atoms with Gasteiger partial charge >= 0.3 is 0 Å². The highest BCUT2D eigenvalue weighted by atomic mass is 32.1. The van der Waals surface area contributed by atoms with Gasteiger partial charge in [-0.15, -0.1) is 17.9 Å². The molecular weight excluding hydrogens is 210 g/mol. The first kappa shape index (κ1) is 10.2. The number of nitrogens with zero attached hydrogens (tertiary/aromatic N) is 2. The van der Waals surface area contributed by atoms with Gasteiger partial charge in [0, 0.05) is 24.7 Å². The lowest BCUT2D eigenvalue weighted by Crippen LogP contribution is -2.14. The van der Waals surface area contributed by atoms with Crippen LogP contribution in [0.1, 0.15) is 5.69 Å². The van der Waals surface area contributed by atoms with Crippen molar-refractivity contribution in [3.05, 3.63) is 29.9 Å². The fraction of sp³-hybridized carbons (Fsp3) is 0.300. The molecule has 2 heterocycles. The normalized spacial score (nSPS) is 10.7. The Morgan fingerprint density at radius 2 is 2.60 bits per heavy atom. The van der Waals surface area contributed by atoms with Crippen molar-refractivity contribution in [1.29, 1.82) is 0 Å². The molecule has 0 fully saturated rings. The van der Waals surface area contributed by atoms with Crippen LogP contribution in [-0.2, 0) is 6.54 Å². The Hall–Kier alpha value is -1.33. The summed E-state index contributed by atoms with van der Waals surface area (Å²) in [5.41, 5.74) is 1.05. The minimum atomic E-state index is 0.693. The van der Waals surface area contributed by atoms with Crippen LogP contribution in [0, 0.1) is 0 Å². The molecule has 0 spiro atoms. The molecule has 0 aliphatic rings. The first-order valence-electron chi connectivity index (χ1n) is 4.67. The van der Waals surface area contributed by atoms with E-state index in [1.54, 1.807) is 18.4 Å². The van der Waals surface area contributed by atoms with Crippen LogP contribution in [-0.4, -0.2) is 23.0 Å². The molecule has 0 atom stereocenters. The van der Waals surface area contributed by atoms with E-state index in [2.05, 4.69) is 16.9 Å². The van der Waals surface area contributed by atoms with Crippen molar-refractivity contribution >= 4 is 16.3 Å². The monoisotopic (exact) mass is 223 g/mol. The quantitative estimate of drug-likeness (QED) is 0.619. The van der Waals surface area contributed by atoms with E-state index in [0.29, 0.717) is 5.88 Å². The van der Waals surface area contributed by atoms with Gasteiger partial charge in [0.25, 0.3) is 0 Å². The number of aromatic nitrogens is 2. The van der Waals surface area contributed by atoms with E-state index < -0.39 is 0 Å². The lowest BCUT2D eigenvalue weighted by Gasteiger charge is -2.02. The summed E-state index contributed by atoms with van der Waals surface area (Å²) in [5, 5.41) is 5.25. The Bertz CT molecular complexity index is 460. The van der Waals surface area contributed by atoms with Gasteiger partial charge in [0.1, 0.15) is 5.69 Å². The topological polar surface area (TPSA) is 38.6 Å². The molecule has 15 heavy (non-hydrogen) atoms. The maximum Gasteiger partial charge on any atom is 0.237 e. The van der Waals surface area contributed by atoms with Crippen molar-refractivity contribution in [2.24, 2.45) is 0 Å². The number of fused-ring (bicyclic) bond motifs is 1. The number of nitrogens with one attached hydrogen (secondary N) is 1. The molecule has 0 unspecified atom stereocenters.